The first-order chi connectivity index (χ1) is 16.0. The van der Waals surface area contributed by atoms with Crippen molar-refractivity contribution in [1.82, 2.24) is 5.32 Å². The van der Waals surface area contributed by atoms with E-state index in [4.69, 9.17) is 4.74 Å². The van der Waals surface area contributed by atoms with Gasteiger partial charge in [0, 0.05) is 11.7 Å². The molecule has 2 aromatic rings. The zero-order valence-corrected chi connectivity index (χ0v) is 19.5. The molecule has 4 bridgehead atoms. The van der Waals surface area contributed by atoms with E-state index < -0.39 is 0 Å². The van der Waals surface area contributed by atoms with Gasteiger partial charge in [0.25, 0.3) is 11.8 Å². The molecule has 1 atom stereocenters. The molecule has 2 aromatic carbocycles. The van der Waals surface area contributed by atoms with Crippen molar-refractivity contribution in [3.8, 4) is 5.75 Å². The molecule has 1 heterocycles. The maximum atomic E-state index is 13.5. The number of benzene rings is 2. The van der Waals surface area contributed by atoms with Crippen LogP contribution in [-0.4, -0.2) is 25.0 Å². The molecule has 172 valence electrons. The van der Waals surface area contributed by atoms with Gasteiger partial charge in [-0.3, -0.25) is 9.59 Å². The second-order valence-electron chi connectivity index (χ2n) is 10.9. The van der Waals surface area contributed by atoms with Crippen molar-refractivity contribution in [2.45, 2.75) is 58.0 Å². The fourth-order valence-corrected chi connectivity index (χ4v) is 7.66. The minimum Gasteiger partial charge on any atom is -0.497 e. The Kier molecular flexibility index (Phi) is 4.79. The molecule has 0 spiro atoms. The molecule has 0 saturated heterocycles. The predicted octanol–water partition coefficient (Wildman–Crippen LogP) is 5.19. The maximum Gasteiger partial charge on any atom is 0.259 e. The molecule has 0 aromatic heterocycles. The number of nitrogens with zero attached hydrogens (tertiary/aromatic N) is 1. The van der Waals surface area contributed by atoms with Crippen LogP contribution in [0.3, 0.4) is 0 Å². The number of rotatable bonds is 5. The molecular weight excluding hydrogens is 412 g/mol. The van der Waals surface area contributed by atoms with E-state index in [1.54, 1.807) is 18.1 Å². The van der Waals surface area contributed by atoms with Crippen molar-refractivity contribution < 1.29 is 14.3 Å². The van der Waals surface area contributed by atoms with Gasteiger partial charge in [0.05, 0.1) is 24.8 Å². The molecule has 1 N–H and O–H groups in total. The minimum atomic E-state index is -0.111. The highest BCUT2D eigenvalue weighted by Crippen LogP contribution is 2.61. The summed E-state index contributed by atoms with van der Waals surface area (Å²) < 4.78 is 5.24. The first kappa shape index (κ1) is 20.8. The number of methoxy groups -OCH3 is 1. The maximum absolute atomic E-state index is 13.5. The fraction of sp³-hybridized carbons (Fsp3) is 0.500. The molecule has 7 rings (SSSR count). The van der Waals surface area contributed by atoms with E-state index in [2.05, 4.69) is 12.2 Å². The lowest BCUT2D eigenvalue weighted by molar-refractivity contribution is -0.0688. The summed E-state index contributed by atoms with van der Waals surface area (Å²) in [5, 5.41) is 3.35. The van der Waals surface area contributed by atoms with Gasteiger partial charge in [-0.1, -0.05) is 12.1 Å². The van der Waals surface area contributed by atoms with E-state index in [0.717, 1.165) is 34.8 Å². The van der Waals surface area contributed by atoms with Crippen molar-refractivity contribution in [3.05, 3.63) is 59.2 Å². The van der Waals surface area contributed by atoms with E-state index in [9.17, 15) is 9.59 Å². The van der Waals surface area contributed by atoms with Gasteiger partial charge in [-0.25, -0.2) is 0 Å². The molecule has 1 aliphatic heterocycles. The molecule has 4 fully saturated rings. The normalized spacial score (nSPS) is 30.3. The highest BCUT2D eigenvalue weighted by atomic mass is 16.5. The van der Waals surface area contributed by atoms with Gasteiger partial charge in [0.2, 0.25) is 0 Å². The Morgan fingerprint density at radius 3 is 2.27 bits per heavy atom. The highest BCUT2D eigenvalue weighted by molar-refractivity contribution is 6.16. The van der Waals surface area contributed by atoms with Crippen LogP contribution in [0.2, 0.25) is 0 Å². The molecule has 5 aliphatic rings. The van der Waals surface area contributed by atoms with E-state index >= 15 is 0 Å². The van der Waals surface area contributed by atoms with Crippen molar-refractivity contribution in [2.75, 3.05) is 12.0 Å². The van der Waals surface area contributed by atoms with Gasteiger partial charge in [-0.2, -0.15) is 0 Å². The summed E-state index contributed by atoms with van der Waals surface area (Å²) >= 11 is 0. The Balaban J connectivity index is 1.23. The van der Waals surface area contributed by atoms with Crippen LogP contribution in [0, 0.1) is 23.2 Å². The third kappa shape index (κ3) is 3.35. The predicted molar refractivity (Wildman–Crippen MR) is 127 cm³/mol. The van der Waals surface area contributed by atoms with Gasteiger partial charge in [-0.15, -0.1) is 0 Å². The molecule has 33 heavy (non-hydrogen) atoms. The van der Waals surface area contributed by atoms with Crippen LogP contribution < -0.4 is 15.0 Å². The Bertz CT molecular complexity index is 1070. The molecule has 1 unspecified atom stereocenters. The standard InChI is InChI=1S/C28H32N2O3/c1-17(28-13-18-10-19(14-28)12-20(11-18)15-28)29-26(31)24-5-3-4-21-16-30(27(32)25(21)24)22-6-8-23(33-2)9-7-22/h3-9,17-20H,10-16H2,1-2H3,(H,29,31). The molecule has 5 nitrogen and oxygen atoms in total. The summed E-state index contributed by atoms with van der Waals surface area (Å²) in [5.74, 6) is 3.06. The second kappa shape index (κ2) is 7.61. The van der Waals surface area contributed by atoms with Gasteiger partial charge < -0.3 is 15.0 Å². The Morgan fingerprint density at radius 1 is 1.03 bits per heavy atom. The lowest BCUT2D eigenvalue weighted by atomic mass is 9.48. The van der Waals surface area contributed by atoms with Crippen LogP contribution in [-0.2, 0) is 6.54 Å². The highest BCUT2D eigenvalue weighted by Gasteiger charge is 2.53. The van der Waals surface area contributed by atoms with Crippen LogP contribution in [0.25, 0.3) is 0 Å². The number of carbonyl (C=O) groups is 2. The molecule has 4 aliphatic carbocycles. The number of carbonyl (C=O) groups excluding carboxylic acids is 2. The summed E-state index contributed by atoms with van der Waals surface area (Å²) in [6.45, 7) is 2.67. The summed E-state index contributed by atoms with van der Waals surface area (Å²) in [5.41, 5.74) is 3.01. The average molecular weight is 445 g/mol. The third-order valence-electron chi connectivity index (χ3n) is 8.92. The monoisotopic (exact) mass is 444 g/mol. The molecule has 0 radical (unpaired) electrons. The summed E-state index contributed by atoms with van der Waals surface area (Å²) in [4.78, 5) is 28.6. The molecular formula is C28H32N2O3. The SMILES string of the molecule is COc1ccc(N2Cc3cccc(C(=O)NC(C)C45CC6CC(CC(C6)C4)C5)c3C2=O)cc1. The molecule has 5 heteroatoms. The largest absolute Gasteiger partial charge is 0.497 e. The lowest BCUT2D eigenvalue weighted by Crippen LogP contribution is -2.55. The average Bonchev–Trinajstić information content (AvgIpc) is 3.15. The van der Waals surface area contributed by atoms with Gasteiger partial charge in [0.15, 0.2) is 0 Å². The fourth-order valence-electron chi connectivity index (χ4n) is 7.66. The van der Waals surface area contributed by atoms with Crippen LogP contribution in [0.4, 0.5) is 5.69 Å². The number of ether oxygens (including phenoxy) is 1. The smallest absolute Gasteiger partial charge is 0.259 e. The Morgan fingerprint density at radius 2 is 1.67 bits per heavy atom. The number of anilines is 1. The number of fused-ring (bicyclic) bond motifs is 1. The lowest BCUT2D eigenvalue weighted by Gasteiger charge is -2.59. The van der Waals surface area contributed by atoms with Crippen LogP contribution in [0.15, 0.2) is 42.5 Å². The van der Waals surface area contributed by atoms with Crippen molar-refractivity contribution in [2.24, 2.45) is 23.2 Å². The van der Waals surface area contributed by atoms with E-state index in [-0.39, 0.29) is 23.3 Å². The first-order valence-corrected chi connectivity index (χ1v) is 12.3. The summed E-state index contributed by atoms with van der Waals surface area (Å²) in [6.07, 6.45) is 7.91. The topological polar surface area (TPSA) is 58.6 Å². The zero-order chi connectivity index (χ0) is 22.7. The Hall–Kier alpha value is -2.82. The van der Waals surface area contributed by atoms with Crippen molar-refractivity contribution in [3.63, 3.8) is 0 Å². The van der Waals surface area contributed by atoms with E-state index in [0.29, 0.717) is 17.7 Å². The van der Waals surface area contributed by atoms with Crippen LogP contribution >= 0.6 is 0 Å². The van der Waals surface area contributed by atoms with Crippen LogP contribution in [0.5, 0.6) is 5.75 Å². The van der Waals surface area contributed by atoms with Gasteiger partial charge in [0.1, 0.15) is 5.75 Å². The minimum absolute atomic E-state index is 0.108. The molecule has 2 amide bonds. The van der Waals surface area contributed by atoms with Gasteiger partial charge in [-0.05, 0) is 105 Å². The van der Waals surface area contributed by atoms with Crippen molar-refractivity contribution in [1.29, 1.82) is 0 Å². The summed E-state index contributed by atoms with van der Waals surface area (Å²) in [6, 6.07) is 13.3. The quantitative estimate of drug-likeness (QED) is 0.690. The first-order valence-electron chi connectivity index (χ1n) is 12.3. The Labute approximate surface area is 195 Å². The number of nitrogens with one attached hydrogen (secondary N) is 1. The van der Waals surface area contributed by atoms with Gasteiger partial charge >= 0.3 is 0 Å². The number of hydrogen-bond acceptors (Lipinski definition) is 3. The van der Waals surface area contributed by atoms with Crippen molar-refractivity contribution >= 4 is 17.5 Å². The number of amides is 2. The third-order valence-corrected chi connectivity index (χ3v) is 8.92. The second-order valence-corrected chi connectivity index (χ2v) is 10.9. The van der Waals surface area contributed by atoms with Crippen LogP contribution in [0.1, 0.15) is 71.7 Å². The molecule has 4 saturated carbocycles. The van der Waals surface area contributed by atoms with E-state index in [1.807, 2.05) is 36.4 Å². The number of hydrogen-bond donors (Lipinski definition) is 1. The zero-order valence-electron chi connectivity index (χ0n) is 19.5. The van der Waals surface area contributed by atoms with E-state index in [1.165, 1.54) is 38.5 Å². The summed E-state index contributed by atoms with van der Waals surface area (Å²) in [7, 11) is 1.63.